The van der Waals surface area contributed by atoms with Gasteiger partial charge in [-0.05, 0) is 57.7 Å². The standard InChI is InChI=1S/C18H29N7O3/c1-18(10-2-3-12-22-18)24-15(5-4-11-21-17(19)20)16(26)23-13-6-8-14(9-7-13)25(27)28/h6-9,15,22,24H,2-5,10-12H2,1H3,(H,23,26)(H4,19,20,21)/t15-,18?/m0/s1. The topological polar surface area (TPSA) is 161 Å². The van der Waals surface area contributed by atoms with Crippen LogP contribution < -0.4 is 27.4 Å². The van der Waals surface area contributed by atoms with Gasteiger partial charge in [0.25, 0.3) is 5.69 Å². The Balaban J connectivity index is 2.03. The molecule has 0 saturated carbocycles. The first kappa shape index (κ1) is 21.6. The molecule has 1 saturated heterocycles. The zero-order chi connectivity index (χ0) is 20.6. The molecule has 10 heteroatoms. The molecule has 1 heterocycles. The average molecular weight is 391 g/mol. The van der Waals surface area contributed by atoms with E-state index in [1.165, 1.54) is 24.3 Å². The number of nitrogens with two attached hydrogens (primary N) is 2. The molecular formula is C18H29N7O3. The van der Waals surface area contributed by atoms with E-state index in [4.69, 9.17) is 11.5 Å². The summed E-state index contributed by atoms with van der Waals surface area (Å²) in [5.74, 6) is -0.173. The van der Waals surface area contributed by atoms with Crippen LogP contribution in [0.2, 0.25) is 0 Å². The number of nitro benzene ring substituents is 1. The molecule has 0 aliphatic carbocycles. The number of anilines is 1. The van der Waals surface area contributed by atoms with Gasteiger partial charge in [-0.2, -0.15) is 0 Å². The third-order valence-corrected chi connectivity index (χ3v) is 4.72. The lowest BCUT2D eigenvalue weighted by Crippen LogP contribution is -2.62. The number of piperidine rings is 1. The van der Waals surface area contributed by atoms with Crippen molar-refractivity contribution in [3.8, 4) is 0 Å². The van der Waals surface area contributed by atoms with Crippen LogP contribution in [0.3, 0.4) is 0 Å². The molecule has 0 spiro atoms. The lowest BCUT2D eigenvalue weighted by molar-refractivity contribution is -0.384. The van der Waals surface area contributed by atoms with Crippen LogP contribution in [0.5, 0.6) is 0 Å². The summed E-state index contributed by atoms with van der Waals surface area (Å²) in [5.41, 5.74) is 10.9. The molecule has 7 N–H and O–H groups in total. The number of guanidine groups is 1. The fourth-order valence-electron chi connectivity index (χ4n) is 3.23. The monoisotopic (exact) mass is 391 g/mol. The van der Waals surface area contributed by atoms with Crippen molar-refractivity contribution >= 4 is 23.2 Å². The van der Waals surface area contributed by atoms with Gasteiger partial charge in [-0.15, -0.1) is 0 Å². The Bertz CT molecular complexity index is 696. The molecule has 1 amide bonds. The summed E-state index contributed by atoms with van der Waals surface area (Å²) in [4.78, 5) is 27.1. The SMILES string of the molecule is CC1(N[C@@H](CCCN=C(N)N)C(=O)Nc2ccc([N+](=O)[O-])cc2)CCCCN1. The quantitative estimate of drug-likeness (QED) is 0.138. The molecule has 0 radical (unpaired) electrons. The third kappa shape index (κ3) is 6.78. The summed E-state index contributed by atoms with van der Waals surface area (Å²) in [6.45, 7) is 3.39. The lowest BCUT2D eigenvalue weighted by Gasteiger charge is -2.38. The summed E-state index contributed by atoms with van der Waals surface area (Å²) in [6, 6.07) is 5.31. The van der Waals surface area contributed by atoms with Crippen LogP contribution in [0.1, 0.15) is 39.0 Å². The lowest BCUT2D eigenvalue weighted by atomic mass is 9.97. The Kier molecular flexibility index (Phi) is 7.70. The van der Waals surface area contributed by atoms with Gasteiger partial charge in [0.05, 0.1) is 16.6 Å². The normalized spacial score (nSPS) is 20.2. The van der Waals surface area contributed by atoms with Gasteiger partial charge in [0.1, 0.15) is 0 Å². The summed E-state index contributed by atoms with van der Waals surface area (Å²) >= 11 is 0. The van der Waals surface area contributed by atoms with Crippen molar-refractivity contribution in [3.05, 3.63) is 34.4 Å². The molecule has 1 unspecified atom stereocenters. The first-order chi connectivity index (χ1) is 13.3. The van der Waals surface area contributed by atoms with E-state index in [9.17, 15) is 14.9 Å². The predicted octanol–water partition coefficient (Wildman–Crippen LogP) is 1.03. The molecule has 1 fully saturated rings. The molecule has 2 atom stereocenters. The van der Waals surface area contributed by atoms with Gasteiger partial charge >= 0.3 is 0 Å². The van der Waals surface area contributed by atoms with Crippen LogP contribution >= 0.6 is 0 Å². The molecular weight excluding hydrogens is 362 g/mol. The molecule has 10 nitrogen and oxygen atoms in total. The van der Waals surface area contributed by atoms with Crippen LogP contribution in [0.25, 0.3) is 0 Å². The number of non-ortho nitro benzene ring substituents is 1. The second-order valence-corrected chi connectivity index (χ2v) is 7.15. The number of hydrogen-bond acceptors (Lipinski definition) is 6. The van der Waals surface area contributed by atoms with Gasteiger partial charge in [-0.1, -0.05) is 0 Å². The van der Waals surface area contributed by atoms with Crippen LogP contribution in [-0.2, 0) is 4.79 Å². The molecule has 2 rings (SSSR count). The van der Waals surface area contributed by atoms with E-state index < -0.39 is 11.0 Å². The maximum absolute atomic E-state index is 12.9. The van der Waals surface area contributed by atoms with E-state index in [0.29, 0.717) is 25.1 Å². The first-order valence-electron chi connectivity index (χ1n) is 9.42. The van der Waals surface area contributed by atoms with Gasteiger partial charge in [-0.3, -0.25) is 30.5 Å². The number of nitrogens with one attached hydrogen (secondary N) is 3. The number of nitro groups is 1. The Morgan fingerprint density at radius 3 is 2.64 bits per heavy atom. The number of carbonyl (C=O) groups excluding carboxylic acids is 1. The van der Waals surface area contributed by atoms with Crippen molar-refractivity contribution in [1.82, 2.24) is 10.6 Å². The molecule has 28 heavy (non-hydrogen) atoms. The van der Waals surface area contributed by atoms with Crippen molar-refractivity contribution in [1.29, 1.82) is 0 Å². The Hall–Kier alpha value is -2.72. The summed E-state index contributed by atoms with van der Waals surface area (Å²) in [5, 5.41) is 20.5. The van der Waals surface area contributed by atoms with Crippen molar-refractivity contribution in [2.24, 2.45) is 16.5 Å². The second-order valence-electron chi connectivity index (χ2n) is 7.15. The molecule has 1 aliphatic rings. The van der Waals surface area contributed by atoms with Gasteiger partial charge in [-0.25, -0.2) is 0 Å². The number of amides is 1. The molecule has 0 aromatic heterocycles. The van der Waals surface area contributed by atoms with E-state index in [1.54, 1.807) is 0 Å². The van der Waals surface area contributed by atoms with Crippen molar-refractivity contribution in [3.63, 3.8) is 0 Å². The van der Waals surface area contributed by atoms with E-state index in [1.807, 2.05) is 6.92 Å². The van der Waals surface area contributed by atoms with Gasteiger partial charge in [0.2, 0.25) is 5.91 Å². The smallest absolute Gasteiger partial charge is 0.269 e. The highest BCUT2D eigenvalue weighted by Gasteiger charge is 2.31. The largest absolute Gasteiger partial charge is 0.370 e. The number of benzene rings is 1. The minimum atomic E-state index is -0.477. The Labute approximate surface area is 164 Å². The van der Waals surface area contributed by atoms with Crippen molar-refractivity contribution in [2.45, 2.75) is 50.7 Å². The van der Waals surface area contributed by atoms with Crippen LogP contribution in [0, 0.1) is 10.1 Å². The summed E-state index contributed by atoms with van der Waals surface area (Å²) in [7, 11) is 0. The predicted molar refractivity (Wildman–Crippen MR) is 109 cm³/mol. The Morgan fingerprint density at radius 1 is 1.36 bits per heavy atom. The fraction of sp³-hybridized carbons (Fsp3) is 0.556. The second kappa shape index (κ2) is 10.00. The van der Waals surface area contributed by atoms with E-state index in [2.05, 4.69) is 20.9 Å². The molecule has 1 aliphatic heterocycles. The first-order valence-corrected chi connectivity index (χ1v) is 9.42. The number of aliphatic imine (C=N–C) groups is 1. The van der Waals surface area contributed by atoms with Crippen LogP contribution in [0.4, 0.5) is 11.4 Å². The van der Waals surface area contributed by atoms with E-state index in [0.717, 1.165) is 25.8 Å². The zero-order valence-electron chi connectivity index (χ0n) is 16.1. The average Bonchev–Trinajstić information content (AvgIpc) is 2.65. The fourth-order valence-corrected chi connectivity index (χ4v) is 3.23. The van der Waals surface area contributed by atoms with Gasteiger partial charge < -0.3 is 16.8 Å². The highest BCUT2D eigenvalue weighted by Crippen LogP contribution is 2.19. The minimum Gasteiger partial charge on any atom is -0.370 e. The van der Waals surface area contributed by atoms with E-state index >= 15 is 0 Å². The van der Waals surface area contributed by atoms with Gasteiger partial charge in [0.15, 0.2) is 5.96 Å². The Morgan fingerprint density at radius 2 is 2.07 bits per heavy atom. The maximum atomic E-state index is 12.9. The van der Waals surface area contributed by atoms with E-state index in [-0.39, 0.29) is 23.2 Å². The maximum Gasteiger partial charge on any atom is 0.269 e. The summed E-state index contributed by atoms with van der Waals surface area (Å²) in [6.07, 6.45) is 4.30. The number of nitrogens with zero attached hydrogens (tertiary/aromatic N) is 2. The third-order valence-electron chi connectivity index (χ3n) is 4.72. The van der Waals surface area contributed by atoms with Crippen LogP contribution in [-0.4, -0.2) is 41.6 Å². The molecule has 1 aromatic rings. The van der Waals surface area contributed by atoms with Crippen LogP contribution in [0.15, 0.2) is 29.3 Å². The highest BCUT2D eigenvalue weighted by atomic mass is 16.6. The number of carbonyl (C=O) groups is 1. The highest BCUT2D eigenvalue weighted by molar-refractivity contribution is 5.95. The van der Waals surface area contributed by atoms with Gasteiger partial charge in [0, 0.05) is 24.4 Å². The molecule has 0 bridgehead atoms. The minimum absolute atomic E-state index is 0.0242. The number of rotatable bonds is 9. The van der Waals surface area contributed by atoms with Crippen molar-refractivity contribution < 1.29 is 9.72 Å². The zero-order valence-corrected chi connectivity index (χ0v) is 16.1. The van der Waals surface area contributed by atoms with Crippen molar-refractivity contribution in [2.75, 3.05) is 18.4 Å². The number of hydrogen-bond donors (Lipinski definition) is 5. The molecule has 1 aromatic carbocycles. The summed E-state index contributed by atoms with van der Waals surface area (Å²) < 4.78 is 0. The molecule has 154 valence electrons.